The molecule has 0 aromatic carbocycles. The minimum absolute atomic E-state index is 0.239. The van der Waals surface area contributed by atoms with E-state index >= 15 is 0 Å². The molecule has 0 spiro atoms. The zero-order valence-corrected chi connectivity index (χ0v) is 12.3. The van der Waals surface area contributed by atoms with Crippen LogP contribution >= 0.6 is 0 Å². The van der Waals surface area contributed by atoms with Gasteiger partial charge in [0.1, 0.15) is 0 Å². The van der Waals surface area contributed by atoms with E-state index < -0.39 is 0 Å². The molecule has 1 saturated carbocycles. The standard InChI is InChI=1S/C15H32N2O/c1-3-9-17(10-4-5-11-18)15(13-16)8-6-7-14(2)12-15/h14,18H,3-13,16H2,1-2H3. The summed E-state index contributed by atoms with van der Waals surface area (Å²) in [6.07, 6.45) is 8.38. The summed E-state index contributed by atoms with van der Waals surface area (Å²) < 4.78 is 0. The first-order valence-electron chi connectivity index (χ1n) is 7.74. The van der Waals surface area contributed by atoms with Gasteiger partial charge in [0.2, 0.25) is 0 Å². The lowest BCUT2D eigenvalue weighted by molar-refractivity contribution is 0.0365. The molecule has 0 heterocycles. The van der Waals surface area contributed by atoms with Gasteiger partial charge in [-0.1, -0.05) is 26.7 Å². The van der Waals surface area contributed by atoms with Crippen molar-refractivity contribution in [3.8, 4) is 0 Å². The maximum absolute atomic E-state index is 8.94. The average Bonchev–Trinajstić information content (AvgIpc) is 2.38. The van der Waals surface area contributed by atoms with E-state index in [1.54, 1.807) is 0 Å². The van der Waals surface area contributed by atoms with E-state index in [0.717, 1.165) is 38.4 Å². The fraction of sp³-hybridized carbons (Fsp3) is 1.00. The van der Waals surface area contributed by atoms with Crippen LogP contribution in [0, 0.1) is 5.92 Å². The average molecular weight is 256 g/mol. The van der Waals surface area contributed by atoms with Gasteiger partial charge in [-0.15, -0.1) is 0 Å². The van der Waals surface area contributed by atoms with Gasteiger partial charge in [0.15, 0.2) is 0 Å². The van der Waals surface area contributed by atoms with Crippen molar-refractivity contribution in [1.82, 2.24) is 4.90 Å². The van der Waals surface area contributed by atoms with Crippen molar-refractivity contribution >= 4 is 0 Å². The van der Waals surface area contributed by atoms with Crippen LogP contribution in [0.3, 0.4) is 0 Å². The van der Waals surface area contributed by atoms with Gasteiger partial charge in [-0.25, -0.2) is 0 Å². The molecule has 0 aromatic heterocycles. The third-order valence-electron chi connectivity index (χ3n) is 4.45. The first kappa shape index (κ1) is 15.9. The molecule has 0 aliphatic heterocycles. The Morgan fingerprint density at radius 1 is 1.33 bits per heavy atom. The molecule has 1 fully saturated rings. The van der Waals surface area contributed by atoms with Gasteiger partial charge < -0.3 is 10.8 Å². The van der Waals surface area contributed by atoms with Crippen LogP contribution < -0.4 is 5.73 Å². The van der Waals surface area contributed by atoms with E-state index in [1.165, 1.54) is 32.1 Å². The van der Waals surface area contributed by atoms with Crippen molar-refractivity contribution in [2.45, 2.75) is 64.3 Å². The predicted molar refractivity (Wildman–Crippen MR) is 77.6 cm³/mol. The lowest BCUT2D eigenvalue weighted by Gasteiger charge is -2.48. The number of nitrogens with two attached hydrogens (primary N) is 1. The van der Waals surface area contributed by atoms with Crippen LogP contribution in [-0.4, -0.2) is 41.8 Å². The zero-order chi connectivity index (χ0) is 13.4. The lowest BCUT2D eigenvalue weighted by atomic mass is 9.75. The quantitative estimate of drug-likeness (QED) is 0.656. The van der Waals surface area contributed by atoms with Gasteiger partial charge in [-0.2, -0.15) is 0 Å². The Hall–Kier alpha value is -0.120. The van der Waals surface area contributed by atoms with Gasteiger partial charge in [-0.05, 0) is 51.1 Å². The number of rotatable bonds is 8. The minimum Gasteiger partial charge on any atom is -0.396 e. The van der Waals surface area contributed by atoms with Crippen LogP contribution in [0.15, 0.2) is 0 Å². The smallest absolute Gasteiger partial charge is 0.0431 e. The molecule has 108 valence electrons. The molecule has 2 atom stereocenters. The summed E-state index contributed by atoms with van der Waals surface area (Å²) in [6, 6.07) is 0. The SMILES string of the molecule is CCCN(CCCCO)C1(CN)CCCC(C)C1. The summed E-state index contributed by atoms with van der Waals surface area (Å²) in [6.45, 7) is 7.95. The molecular formula is C15H32N2O. The van der Waals surface area contributed by atoms with Crippen molar-refractivity contribution in [2.24, 2.45) is 11.7 Å². The number of hydrogen-bond acceptors (Lipinski definition) is 3. The normalized spacial score (nSPS) is 28.8. The molecule has 3 heteroatoms. The highest BCUT2D eigenvalue weighted by Gasteiger charge is 2.38. The maximum Gasteiger partial charge on any atom is 0.0431 e. The summed E-state index contributed by atoms with van der Waals surface area (Å²) in [4.78, 5) is 2.62. The molecule has 18 heavy (non-hydrogen) atoms. The van der Waals surface area contributed by atoms with Crippen LogP contribution in [0.2, 0.25) is 0 Å². The van der Waals surface area contributed by atoms with Crippen molar-refractivity contribution in [2.75, 3.05) is 26.2 Å². The molecule has 1 rings (SSSR count). The van der Waals surface area contributed by atoms with Crippen molar-refractivity contribution in [3.63, 3.8) is 0 Å². The molecule has 0 radical (unpaired) electrons. The fourth-order valence-corrected chi connectivity index (χ4v) is 3.50. The maximum atomic E-state index is 8.94. The van der Waals surface area contributed by atoms with E-state index in [4.69, 9.17) is 10.8 Å². The van der Waals surface area contributed by atoms with Gasteiger partial charge >= 0.3 is 0 Å². The number of unbranched alkanes of at least 4 members (excludes halogenated alkanes) is 1. The molecule has 3 N–H and O–H groups in total. The van der Waals surface area contributed by atoms with Crippen molar-refractivity contribution < 1.29 is 5.11 Å². The molecule has 0 aromatic rings. The highest BCUT2D eigenvalue weighted by atomic mass is 16.2. The molecule has 2 unspecified atom stereocenters. The Morgan fingerprint density at radius 2 is 2.11 bits per heavy atom. The highest BCUT2D eigenvalue weighted by molar-refractivity contribution is 4.95. The summed E-state index contributed by atoms with van der Waals surface area (Å²) in [5.41, 5.74) is 6.38. The predicted octanol–water partition coefficient (Wildman–Crippen LogP) is 2.38. The van der Waals surface area contributed by atoms with E-state index in [9.17, 15) is 0 Å². The van der Waals surface area contributed by atoms with Gasteiger partial charge in [-0.3, -0.25) is 4.90 Å². The molecule has 3 nitrogen and oxygen atoms in total. The monoisotopic (exact) mass is 256 g/mol. The van der Waals surface area contributed by atoms with E-state index in [0.29, 0.717) is 6.61 Å². The van der Waals surface area contributed by atoms with Gasteiger partial charge in [0.05, 0.1) is 0 Å². The number of hydrogen-bond donors (Lipinski definition) is 2. The van der Waals surface area contributed by atoms with Crippen molar-refractivity contribution in [3.05, 3.63) is 0 Å². The minimum atomic E-state index is 0.239. The summed E-state index contributed by atoms with van der Waals surface area (Å²) >= 11 is 0. The summed E-state index contributed by atoms with van der Waals surface area (Å²) in [5.74, 6) is 0.805. The molecular weight excluding hydrogens is 224 g/mol. The Kier molecular flexibility index (Phi) is 7.20. The van der Waals surface area contributed by atoms with E-state index in [1.807, 2.05) is 0 Å². The van der Waals surface area contributed by atoms with Crippen LogP contribution in [0.25, 0.3) is 0 Å². The topological polar surface area (TPSA) is 49.5 Å². The molecule has 1 aliphatic rings. The molecule has 0 amide bonds. The Morgan fingerprint density at radius 3 is 2.67 bits per heavy atom. The fourth-order valence-electron chi connectivity index (χ4n) is 3.50. The number of aliphatic hydroxyl groups excluding tert-OH is 1. The van der Waals surface area contributed by atoms with Crippen molar-refractivity contribution in [1.29, 1.82) is 0 Å². The van der Waals surface area contributed by atoms with Crippen LogP contribution in [0.4, 0.5) is 0 Å². The third kappa shape index (κ3) is 4.22. The second-order valence-corrected chi connectivity index (χ2v) is 6.05. The summed E-state index contributed by atoms with van der Waals surface area (Å²) in [7, 11) is 0. The summed E-state index contributed by atoms with van der Waals surface area (Å²) in [5, 5.41) is 8.94. The van der Waals surface area contributed by atoms with Gasteiger partial charge in [0, 0.05) is 18.7 Å². The van der Waals surface area contributed by atoms with Crippen LogP contribution in [0.1, 0.15) is 58.8 Å². The second-order valence-electron chi connectivity index (χ2n) is 6.05. The van der Waals surface area contributed by atoms with Crippen LogP contribution in [0.5, 0.6) is 0 Å². The van der Waals surface area contributed by atoms with Gasteiger partial charge in [0.25, 0.3) is 0 Å². The Labute approximate surface area is 113 Å². The Bertz CT molecular complexity index is 223. The number of aliphatic hydroxyl groups is 1. The Balaban J connectivity index is 2.65. The first-order valence-corrected chi connectivity index (χ1v) is 7.74. The number of nitrogens with zero attached hydrogens (tertiary/aromatic N) is 1. The molecule has 0 saturated heterocycles. The van der Waals surface area contributed by atoms with Crippen LogP contribution in [-0.2, 0) is 0 Å². The third-order valence-corrected chi connectivity index (χ3v) is 4.45. The molecule has 0 bridgehead atoms. The van der Waals surface area contributed by atoms with E-state index in [-0.39, 0.29) is 5.54 Å². The first-order chi connectivity index (χ1) is 8.68. The highest BCUT2D eigenvalue weighted by Crippen LogP contribution is 2.36. The largest absolute Gasteiger partial charge is 0.396 e. The lowest BCUT2D eigenvalue weighted by Crippen LogP contribution is -2.56. The zero-order valence-electron chi connectivity index (χ0n) is 12.3. The molecule has 1 aliphatic carbocycles. The van der Waals surface area contributed by atoms with E-state index in [2.05, 4.69) is 18.7 Å². The second kappa shape index (κ2) is 8.13.